The molecule has 11 nitrogen and oxygen atoms in total. The molecule has 0 heterocycles. The normalized spacial score (nSPS) is 2.00. The number of rotatable bonds is 0. The molecule has 0 aliphatic carbocycles. The molecule has 0 atom stereocenters. The Bertz CT molecular complexity index is 35.5. The van der Waals surface area contributed by atoms with Crippen LogP contribution < -0.4 is 6.15 Å². The first kappa shape index (κ1) is 144. The first-order valence-electron chi connectivity index (χ1n) is 0.548. The van der Waals surface area contributed by atoms with E-state index in [1.165, 1.54) is 0 Å². The Labute approximate surface area is 101 Å². The number of nitrogens with zero attached hydrogens (tertiary/aromatic N) is 1. The van der Waals surface area contributed by atoms with Crippen molar-refractivity contribution in [1.82, 2.24) is 6.15 Å². The van der Waals surface area contributed by atoms with Crippen molar-refractivity contribution in [2.75, 3.05) is 0 Å². The molecule has 12 heavy (non-hydrogen) atoms. The van der Waals surface area contributed by atoms with Gasteiger partial charge in [-0.05, 0) is 0 Å². The Morgan fingerprint density at radius 3 is 0.750 bits per heavy atom. The third kappa shape index (κ3) is 10100. The van der Waals surface area contributed by atoms with Gasteiger partial charge in [-0.3, -0.25) is 0 Å². The summed E-state index contributed by atoms with van der Waals surface area (Å²) in [5.41, 5.74) is 0. The molecule has 0 fully saturated rings. The van der Waals surface area contributed by atoms with Crippen molar-refractivity contribution in [3.8, 4) is 0 Å². The predicted molar refractivity (Wildman–Crippen MR) is 38.0 cm³/mol. The van der Waals surface area contributed by atoms with Gasteiger partial charge in [0.15, 0.2) is 0 Å². The van der Waals surface area contributed by atoms with E-state index < -0.39 is 5.09 Å². The molecule has 0 aromatic rings. The fraction of sp³-hybridized carbons (Fsp3) is 0. The van der Waals surface area contributed by atoms with Crippen LogP contribution in [0.4, 0.5) is 0 Å². The van der Waals surface area contributed by atoms with E-state index in [2.05, 4.69) is 0 Å². The molecular weight excluding hydrogens is 312 g/mol. The van der Waals surface area contributed by atoms with E-state index >= 15 is 0 Å². The maximum Gasteiger partial charge on any atom is 0.0689 e. The van der Waals surface area contributed by atoms with Crippen molar-refractivity contribution >= 4 is 0 Å². The monoisotopic (exact) mass is 328 g/mol. The molecule has 0 aromatic heterocycles. The van der Waals surface area contributed by atoms with Gasteiger partial charge in [0.2, 0.25) is 0 Å². The van der Waals surface area contributed by atoms with Crippen molar-refractivity contribution in [3.63, 3.8) is 0 Å². The van der Waals surface area contributed by atoms with Crippen LogP contribution in [0.25, 0.3) is 0 Å². The van der Waals surface area contributed by atoms with Crippen LogP contribution in [0.5, 0.6) is 0 Å². The van der Waals surface area contributed by atoms with Crippen LogP contribution in [0.3, 0.4) is 0 Å². The summed E-state index contributed by atoms with van der Waals surface area (Å²) in [4.78, 5) is 8.25. The van der Waals surface area contributed by atoms with Gasteiger partial charge in [-0.2, -0.15) is 0 Å². The maximum atomic E-state index is 8.25. The van der Waals surface area contributed by atoms with E-state index in [0.29, 0.717) is 0 Å². The van der Waals surface area contributed by atoms with Gasteiger partial charge in [-0.1, -0.05) is 0 Å². The topological polar surface area (TPSA) is 292 Å². The van der Waals surface area contributed by atoms with Crippen molar-refractivity contribution < 1.29 is 79.7 Å². The quantitative estimate of drug-likeness (QED) is 0.338. The molecule has 0 spiro atoms. The standard InChI is InChI=1S/Ce.NO3.H3N.6H2O/c;2-1(3)4;;;;;;;/h;;1H3;6*1H2/q;-1;;;;;;;/p+1. The second kappa shape index (κ2) is 110. The van der Waals surface area contributed by atoms with E-state index in [-0.39, 0.29) is 80.8 Å². The van der Waals surface area contributed by atoms with Crippen LogP contribution in [0.15, 0.2) is 0 Å². The number of hydrogen-bond donors (Lipinski definition) is 1. The predicted octanol–water partition coefficient (Wildman–Crippen LogP) is -4.81. The Hall–Kier alpha value is 0.297. The van der Waals surface area contributed by atoms with Crippen LogP contribution >= 0.6 is 0 Å². The summed E-state index contributed by atoms with van der Waals surface area (Å²) in [6, 6.07) is 0. The fourth-order valence-corrected chi connectivity index (χ4v) is 0. The summed E-state index contributed by atoms with van der Waals surface area (Å²) in [5.74, 6) is 0. The van der Waals surface area contributed by atoms with Crippen LogP contribution in [-0.4, -0.2) is 37.9 Å². The summed E-state index contributed by atoms with van der Waals surface area (Å²) in [6.07, 6.45) is 0. The van der Waals surface area contributed by atoms with Gasteiger partial charge in [-0.15, -0.1) is 0 Å². The Kier molecular flexibility index (Phi) is 1330. The molecule has 0 amide bonds. The van der Waals surface area contributed by atoms with Crippen molar-refractivity contribution in [2.24, 2.45) is 0 Å². The minimum atomic E-state index is -1.75. The van der Waals surface area contributed by atoms with Crippen LogP contribution in [-0.2, 0) is 0 Å². The molecule has 0 saturated heterocycles. The first-order valence-corrected chi connectivity index (χ1v) is 0.548. The molecule has 0 bridgehead atoms. The van der Waals surface area contributed by atoms with E-state index in [1.807, 2.05) is 0 Å². The summed E-state index contributed by atoms with van der Waals surface area (Å²) in [6.45, 7) is 0. The average molecular weight is 328 g/mol. The van der Waals surface area contributed by atoms with E-state index in [4.69, 9.17) is 15.3 Å². The van der Waals surface area contributed by atoms with Gasteiger partial charge in [0.05, 0.1) is 5.09 Å². The maximum absolute atomic E-state index is 8.25. The van der Waals surface area contributed by atoms with Crippen LogP contribution in [0.1, 0.15) is 0 Å². The minimum absolute atomic E-state index is 0. The average Bonchev–Trinajstić information content (AvgIpc) is 0.811. The zero-order valence-electron chi connectivity index (χ0n) is 6.17. The molecule has 0 rings (SSSR count). The summed E-state index contributed by atoms with van der Waals surface area (Å²) >= 11 is 0. The van der Waals surface area contributed by atoms with Gasteiger partial charge in [-0.25, -0.2) is 0 Å². The number of hydrogen-bond acceptors (Lipinski definition) is 3. The SMILES string of the molecule is O.O.O.O.O.O.O=[N+]([O-])[O-].[Ce].[NH4+]. The van der Waals surface area contributed by atoms with Crippen molar-refractivity contribution in [2.45, 2.75) is 0 Å². The minimum Gasteiger partial charge on any atom is -0.412 e. The molecule has 0 saturated carbocycles. The smallest absolute Gasteiger partial charge is 0.0689 e. The molecular formula is H16CeN2O9. The zero-order chi connectivity index (χ0) is 3.58. The van der Waals surface area contributed by atoms with Crippen LogP contribution in [0.2, 0.25) is 0 Å². The largest absolute Gasteiger partial charge is 0.412 e. The molecule has 12 heteroatoms. The number of quaternary nitrogens is 1. The first-order chi connectivity index (χ1) is 1.73. The molecule has 0 aliphatic rings. The van der Waals surface area contributed by atoms with E-state index in [1.54, 1.807) is 0 Å². The summed E-state index contributed by atoms with van der Waals surface area (Å²) in [7, 11) is 0. The molecule has 84 valence electrons. The molecule has 16 N–H and O–H groups in total. The molecule has 0 aromatic carbocycles. The van der Waals surface area contributed by atoms with Gasteiger partial charge in [0.1, 0.15) is 0 Å². The summed E-state index contributed by atoms with van der Waals surface area (Å²) in [5, 5.41) is 14.8. The zero-order valence-corrected chi connectivity index (χ0v) is 9.31. The third-order valence-electron chi connectivity index (χ3n) is 0. The summed E-state index contributed by atoms with van der Waals surface area (Å²) < 4.78 is 0. The van der Waals surface area contributed by atoms with Crippen molar-refractivity contribution in [1.29, 1.82) is 0 Å². The Morgan fingerprint density at radius 1 is 0.750 bits per heavy atom. The third-order valence-corrected chi connectivity index (χ3v) is 0. The van der Waals surface area contributed by atoms with E-state index in [0.717, 1.165) is 0 Å². The van der Waals surface area contributed by atoms with E-state index in [9.17, 15) is 0 Å². The molecule has 0 aliphatic heterocycles. The van der Waals surface area contributed by atoms with Gasteiger partial charge in [0, 0.05) is 41.7 Å². The molecule has 0 unspecified atom stereocenters. The second-order valence-corrected chi connectivity index (χ2v) is 0.224. The van der Waals surface area contributed by atoms with Gasteiger partial charge < -0.3 is 54.3 Å². The van der Waals surface area contributed by atoms with Crippen LogP contribution in [0, 0.1) is 57.1 Å². The molecule has 0 radical (unpaired) electrons. The van der Waals surface area contributed by atoms with Crippen molar-refractivity contribution in [3.05, 3.63) is 15.3 Å². The Morgan fingerprint density at radius 2 is 0.750 bits per heavy atom. The van der Waals surface area contributed by atoms with Gasteiger partial charge in [0.25, 0.3) is 0 Å². The Balaban J connectivity index is -0.00000000161. The fourth-order valence-electron chi connectivity index (χ4n) is 0. The second-order valence-electron chi connectivity index (χ2n) is 0.224. The van der Waals surface area contributed by atoms with Gasteiger partial charge >= 0.3 is 0 Å².